The lowest BCUT2D eigenvalue weighted by Crippen LogP contribution is -2.31. The van der Waals surface area contributed by atoms with Crippen LogP contribution in [0.25, 0.3) is 11.0 Å². The molecule has 0 spiro atoms. The number of halogens is 1. The van der Waals surface area contributed by atoms with Crippen LogP contribution in [0.5, 0.6) is 5.75 Å². The number of ether oxygens (including phenoxy) is 2. The highest BCUT2D eigenvalue weighted by Crippen LogP contribution is 2.32. The van der Waals surface area contributed by atoms with Gasteiger partial charge in [-0.05, 0) is 40.9 Å². The Morgan fingerprint density at radius 1 is 1.48 bits per heavy atom. The summed E-state index contributed by atoms with van der Waals surface area (Å²) < 4.78 is 16.9. The fourth-order valence-electron chi connectivity index (χ4n) is 2.49. The Bertz CT molecular complexity index is 661. The summed E-state index contributed by atoms with van der Waals surface area (Å²) in [5.74, 6) is 0.461. The van der Waals surface area contributed by atoms with Crippen LogP contribution in [0.3, 0.4) is 0 Å². The van der Waals surface area contributed by atoms with E-state index in [9.17, 15) is 4.79 Å². The van der Waals surface area contributed by atoms with Crippen molar-refractivity contribution < 1.29 is 18.7 Å². The molecule has 0 saturated carbocycles. The van der Waals surface area contributed by atoms with Gasteiger partial charge in [0.1, 0.15) is 11.3 Å². The maximum atomic E-state index is 12.2. The monoisotopic (exact) mass is 353 g/mol. The number of fused-ring (bicyclic) bond motifs is 1. The second-order valence-electron chi connectivity index (χ2n) is 4.99. The first kappa shape index (κ1) is 14.4. The Kier molecular flexibility index (Phi) is 4.17. The van der Waals surface area contributed by atoms with E-state index in [1.54, 1.807) is 19.2 Å². The van der Waals surface area contributed by atoms with Gasteiger partial charge in [0.05, 0.1) is 18.6 Å². The van der Waals surface area contributed by atoms with Crippen molar-refractivity contribution in [1.82, 2.24) is 5.32 Å². The van der Waals surface area contributed by atoms with Gasteiger partial charge < -0.3 is 19.2 Å². The molecule has 0 bridgehead atoms. The van der Waals surface area contributed by atoms with Crippen LogP contribution in [0, 0.1) is 0 Å². The first-order valence-electron chi connectivity index (χ1n) is 6.84. The third-order valence-corrected chi connectivity index (χ3v) is 3.96. The lowest BCUT2D eigenvalue weighted by Gasteiger charge is -2.11. The van der Waals surface area contributed by atoms with Crippen molar-refractivity contribution in [3.63, 3.8) is 0 Å². The number of hydrogen-bond donors (Lipinski definition) is 1. The van der Waals surface area contributed by atoms with E-state index in [4.69, 9.17) is 13.9 Å². The fourth-order valence-corrected chi connectivity index (χ4v) is 2.89. The molecule has 0 radical (unpaired) electrons. The minimum absolute atomic E-state index is 0.123. The first-order valence-corrected chi connectivity index (χ1v) is 7.63. The molecule has 1 fully saturated rings. The maximum absolute atomic E-state index is 12.2. The largest absolute Gasteiger partial charge is 0.496 e. The summed E-state index contributed by atoms with van der Waals surface area (Å²) in [5.41, 5.74) is 1.13. The van der Waals surface area contributed by atoms with Gasteiger partial charge in [-0.2, -0.15) is 0 Å². The molecule has 1 saturated heterocycles. The van der Waals surface area contributed by atoms with Crippen LogP contribution in [0.1, 0.15) is 23.2 Å². The summed E-state index contributed by atoms with van der Waals surface area (Å²) >= 11 is 3.29. The van der Waals surface area contributed by atoms with Crippen molar-refractivity contribution in [2.24, 2.45) is 0 Å². The molecule has 0 aliphatic carbocycles. The third-order valence-electron chi connectivity index (χ3n) is 3.57. The molecule has 21 heavy (non-hydrogen) atoms. The van der Waals surface area contributed by atoms with Gasteiger partial charge in [-0.3, -0.25) is 4.79 Å². The highest BCUT2D eigenvalue weighted by molar-refractivity contribution is 9.10. The van der Waals surface area contributed by atoms with E-state index in [-0.39, 0.29) is 12.0 Å². The molecule has 112 valence electrons. The van der Waals surface area contributed by atoms with E-state index in [0.717, 1.165) is 24.8 Å². The topological polar surface area (TPSA) is 60.7 Å². The lowest BCUT2D eigenvalue weighted by molar-refractivity contribution is 0.0857. The van der Waals surface area contributed by atoms with Crippen LogP contribution < -0.4 is 10.1 Å². The fraction of sp³-hybridized carbons (Fsp3) is 0.400. The molecule has 1 amide bonds. The highest BCUT2D eigenvalue weighted by atomic mass is 79.9. The summed E-state index contributed by atoms with van der Waals surface area (Å²) in [6, 6.07) is 5.25. The number of methoxy groups -OCH3 is 1. The van der Waals surface area contributed by atoms with Gasteiger partial charge in [0.15, 0.2) is 4.67 Å². The summed E-state index contributed by atoms with van der Waals surface area (Å²) in [6.07, 6.45) is 2.17. The number of hydrogen-bond acceptors (Lipinski definition) is 4. The van der Waals surface area contributed by atoms with Crippen molar-refractivity contribution in [1.29, 1.82) is 0 Å². The van der Waals surface area contributed by atoms with Crippen LogP contribution in [0.4, 0.5) is 0 Å². The second kappa shape index (κ2) is 6.07. The average Bonchev–Trinajstić information content (AvgIpc) is 3.11. The molecule has 1 N–H and O–H groups in total. The van der Waals surface area contributed by atoms with E-state index < -0.39 is 0 Å². The molecule has 5 nitrogen and oxygen atoms in total. The Hall–Kier alpha value is -1.53. The maximum Gasteiger partial charge on any atom is 0.251 e. The van der Waals surface area contributed by atoms with Gasteiger partial charge in [0.25, 0.3) is 5.91 Å². The van der Waals surface area contributed by atoms with Gasteiger partial charge in [0, 0.05) is 24.8 Å². The Labute approximate surface area is 130 Å². The number of rotatable bonds is 4. The number of nitrogens with one attached hydrogen (secondary N) is 1. The molecule has 2 heterocycles. The highest BCUT2D eigenvalue weighted by Gasteiger charge is 2.18. The zero-order valence-electron chi connectivity index (χ0n) is 11.6. The number of carbonyl (C=O) groups is 1. The molecule has 1 aromatic carbocycles. The molecule has 1 aliphatic rings. The molecule has 1 aliphatic heterocycles. The van der Waals surface area contributed by atoms with Crippen molar-refractivity contribution >= 4 is 32.8 Å². The van der Waals surface area contributed by atoms with E-state index >= 15 is 0 Å². The third kappa shape index (κ3) is 3.06. The standard InChI is InChI=1S/C15H16BrNO4/c1-19-12-5-9(6-13-11(12)7-14(16)21-13)15(18)17-8-10-3-2-4-20-10/h5-7,10H,2-4,8H2,1H3,(H,17,18). The zero-order valence-corrected chi connectivity index (χ0v) is 13.2. The van der Waals surface area contributed by atoms with E-state index in [2.05, 4.69) is 21.2 Å². The summed E-state index contributed by atoms with van der Waals surface area (Å²) in [4.78, 5) is 12.2. The normalized spacial score (nSPS) is 18.1. The SMILES string of the molecule is COc1cc(C(=O)NCC2CCCO2)cc2oc(Br)cc12. The molecule has 1 atom stereocenters. The molecular formula is C15H16BrNO4. The summed E-state index contributed by atoms with van der Waals surface area (Å²) in [7, 11) is 1.57. The van der Waals surface area contributed by atoms with Crippen molar-refractivity contribution in [3.8, 4) is 5.75 Å². The van der Waals surface area contributed by atoms with Gasteiger partial charge in [-0.1, -0.05) is 0 Å². The van der Waals surface area contributed by atoms with Gasteiger partial charge in [-0.15, -0.1) is 0 Å². The van der Waals surface area contributed by atoms with Gasteiger partial charge >= 0.3 is 0 Å². The van der Waals surface area contributed by atoms with Crippen molar-refractivity contribution in [2.75, 3.05) is 20.3 Å². The van der Waals surface area contributed by atoms with Crippen LogP contribution in [-0.2, 0) is 4.74 Å². The molecule has 1 unspecified atom stereocenters. The van der Waals surface area contributed by atoms with E-state index in [1.807, 2.05) is 6.07 Å². The minimum Gasteiger partial charge on any atom is -0.496 e. The van der Waals surface area contributed by atoms with Crippen LogP contribution >= 0.6 is 15.9 Å². The Balaban J connectivity index is 1.80. The quantitative estimate of drug-likeness (QED) is 0.917. The number of amides is 1. The van der Waals surface area contributed by atoms with Crippen LogP contribution in [0.15, 0.2) is 27.3 Å². The smallest absolute Gasteiger partial charge is 0.251 e. The molecule has 2 aromatic rings. The summed E-state index contributed by atoms with van der Waals surface area (Å²) in [6.45, 7) is 1.31. The van der Waals surface area contributed by atoms with E-state index in [0.29, 0.717) is 28.1 Å². The van der Waals surface area contributed by atoms with Gasteiger partial charge in [0.2, 0.25) is 0 Å². The molecule has 1 aromatic heterocycles. The first-order chi connectivity index (χ1) is 10.2. The molecule has 3 rings (SSSR count). The lowest BCUT2D eigenvalue weighted by atomic mass is 10.1. The van der Waals surface area contributed by atoms with Crippen LogP contribution in [0.2, 0.25) is 0 Å². The Morgan fingerprint density at radius 3 is 3.05 bits per heavy atom. The molecule has 6 heteroatoms. The van der Waals surface area contributed by atoms with Gasteiger partial charge in [-0.25, -0.2) is 0 Å². The van der Waals surface area contributed by atoms with Crippen molar-refractivity contribution in [2.45, 2.75) is 18.9 Å². The summed E-state index contributed by atoms with van der Waals surface area (Å²) in [5, 5.41) is 3.72. The van der Waals surface area contributed by atoms with Crippen molar-refractivity contribution in [3.05, 3.63) is 28.4 Å². The predicted octanol–water partition coefficient (Wildman–Crippen LogP) is 3.11. The average molecular weight is 354 g/mol. The Morgan fingerprint density at radius 2 is 2.33 bits per heavy atom. The van der Waals surface area contributed by atoms with E-state index in [1.165, 1.54) is 0 Å². The zero-order chi connectivity index (χ0) is 14.8. The number of carbonyl (C=O) groups excluding carboxylic acids is 1. The number of benzene rings is 1. The minimum atomic E-state index is -0.154. The second-order valence-corrected chi connectivity index (χ2v) is 5.77. The predicted molar refractivity (Wildman–Crippen MR) is 81.8 cm³/mol. The van der Waals surface area contributed by atoms with Crippen LogP contribution in [-0.4, -0.2) is 32.3 Å². The number of furan rings is 1. The molecular weight excluding hydrogens is 338 g/mol.